The maximum absolute atomic E-state index is 5.58. The van der Waals surface area contributed by atoms with Crippen LogP contribution < -0.4 is 0 Å². The molecule has 0 saturated heterocycles. The van der Waals surface area contributed by atoms with Crippen LogP contribution in [0.15, 0.2) is 188 Å². The highest BCUT2D eigenvalue weighted by Gasteiger charge is 2.23. The lowest BCUT2D eigenvalue weighted by molar-refractivity contribution is 1.18. The molecule has 0 unspecified atom stereocenters. The smallest absolute Gasteiger partial charge is 0.143 e. The SMILES string of the molecule is c1ccc(-n2c3ccccc3c3ccc(-c4nc5c(nc4-c4ccc(-n6c7ccccc7c7cc8ccccc8cc76)c6ncccc46)sc4ccccc45)cc32)cc1. The minimum Gasteiger partial charge on any atom is -0.309 e. The number of pyridine rings is 1. The van der Waals surface area contributed by atoms with Gasteiger partial charge < -0.3 is 9.13 Å². The lowest BCUT2D eigenvalue weighted by Crippen LogP contribution is -2.00. The summed E-state index contributed by atoms with van der Waals surface area (Å²) in [6, 6.07) is 65.1. The molecule has 5 heterocycles. The number of fused-ring (bicyclic) bond motifs is 11. The molecular weight excluding hydrogens is 739 g/mol. The maximum atomic E-state index is 5.58. The standard InChI is InChI=1S/C53H31N5S/c1-2-15-35(16-3-1)57-43-21-9-6-17-36(43)38-25-24-34(31-46(38)57)49-51(56-53-52(55-49)41-19-8-11-23-48(41)59-53)40-26-27-45(50-39(40)20-12-28-54-50)58-44-22-10-7-18-37(44)42-29-32-13-4-5-14-33(32)30-47(42)58/h1-31H. The third-order valence-corrected chi connectivity index (χ3v) is 13.0. The number of thiophene rings is 1. The molecule has 0 saturated carbocycles. The van der Waals surface area contributed by atoms with E-state index in [1.54, 1.807) is 11.3 Å². The fraction of sp³-hybridized carbons (Fsp3) is 0. The summed E-state index contributed by atoms with van der Waals surface area (Å²) in [5, 5.41) is 9.42. The quantitative estimate of drug-likeness (QED) is 0.179. The Morgan fingerprint density at radius 3 is 1.92 bits per heavy atom. The summed E-state index contributed by atoms with van der Waals surface area (Å²) in [7, 11) is 0. The zero-order valence-corrected chi connectivity index (χ0v) is 32.4. The van der Waals surface area contributed by atoms with Crippen LogP contribution in [0.1, 0.15) is 0 Å². The molecule has 0 radical (unpaired) electrons. The van der Waals surface area contributed by atoms with Crippen molar-refractivity contribution in [1.29, 1.82) is 0 Å². The molecule has 5 aromatic heterocycles. The normalized spacial score (nSPS) is 12.1. The third-order valence-electron chi connectivity index (χ3n) is 12.0. The van der Waals surface area contributed by atoms with Gasteiger partial charge in [-0.3, -0.25) is 4.98 Å². The Kier molecular flexibility index (Phi) is 6.82. The number of para-hydroxylation sites is 3. The number of benzene rings is 8. The van der Waals surface area contributed by atoms with Gasteiger partial charge in [-0.1, -0.05) is 115 Å². The molecular formula is C53H31N5S. The first-order chi connectivity index (χ1) is 29.3. The molecule has 8 aromatic carbocycles. The first-order valence-electron chi connectivity index (χ1n) is 19.9. The summed E-state index contributed by atoms with van der Waals surface area (Å²) >= 11 is 1.69. The Labute approximate surface area is 341 Å². The van der Waals surface area contributed by atoms with Gasteiger partial charge in [0.2, 0.25) is 0 Å². The molecule has 0 atom stereocenters. The summed E-state index contributed by atoms with van der Waals surface area (Å²) in [5.41, 5.74) is 12.2. The predicted octanol–water partition coefficient (Wildman–Crippen LogP) is 14.1. The van der Waals surface area contributed by atoms with Gasteiger partial charge >= 0.3 is 0 Å². The van der Waals surface area contributed by atoms with Crippen LogP contribution in [-0.2, 0) is 0 Å². The average Bonchev–Trinajstić information content (AvgIpc) is 3.94. The average molecular weight is 770 g/mol. The molecule has 0 aliphatic carbocycles. The summed E-state index contributed by atoms with van der Waals surface area (Å²) in [5.74, 6) is 0. The van der Waals surface area contributed by atoms with Crippen LogP contribution in [0.25, 0.3) is 120 Å². The van der Waals surface area contributed by atoms with Crippen molar-refractivity contribution in [2.75, 3.05) is 0 Å². The van der Waals surface area contributed by atoms with Crippen LogP contribution in [0.4, 0.5) is 0 Å². The zero-order chi connectivity index (χ0) is 38.6. The Morgan fingerprint density at radius 1 is 0.407 bits per heavy atom. The van der Waals surface area contributed by atoms with Crippen molar-refractivity contribution in [2.45, 2.75) is 0 Å². The highest BCUT2D eigenvalue weighted by Crippen LogP contribution is 2.43. The van der Waals surface area contributed by atoms with Gasteiger partial charge in [-0.2, -0.15) is 0 Å². The van der Waals surface area contributed by atoms with Crippen molar-refractivity contribution in [3.05, 3.63) is 188 Å². The molecule has 6 heteroatoms. The fourth-order valence-corrected chi connectivity index (χ4v) is 10.4. The van der Waals surface area contributed by atoms with Gasteiger partial charge in [0.25, 0.3) is 0 Å². The van der Waals surface area contributed by atoms with E-state index in [0.29, 0.717) is 0 Å². The van der Waals surface area contributed by atoms with Gasteiger partial charge in [0, 0.05) is 60.0 Å². The van der Waals surface area contributed by atoms with Crippen molar-refractivity contribution in [1.82, 2.24) is 24.1 Å². The van der Waals surface area contributed by atoms with Crippen molar-refractivity contribution in [3.63, 3.8) is 0 Å². The topological polar surface area (TPSA) is 48.5 Å². The number of aromatic nitrogens is 5. The van der Waals surface area contributed by atoms with Crippen molar-refractivity contribution in [2.24, 2.45) is 0 Å². The minimum atomic E-state index is 0.837. The van der Waals surface area contributed by atoms with E-state index >= 15 is 0 Å². The van der Waals surface area contributed by atoms with Crippen molar-refractivity contribution < 1.29 is 0 Å². The third kappa shape index (κ3) is 4.75. The van der Waals surface area contributed by atoms with Crippen LogP contribution in [-0.4, -0.2) is 24.1 Å². The van der Waals surface area contributed by atoms with Gasteiger partial charge in [0.15, 0.2) is 0 Å². The summed E-state index contributed by atoms with van der Waals surface area (Å²) in [6.07, 6.45) is 1.90. The van der Waals surface area contributed by atoms with E-state index in [-0.39, 0.29) is 0 Å². The number of nitrogens with zero attached hydrogens (tertiary/aromatic N) is 5. The van der Waals surface area contributed by atoms with Crippen LogP contribution in [0.5, 0.6) is 0 Å². The van der Waals surface area contributed by atoms with Crippen molar-refractivity contribution >= 4 is 97.1 Å². The number of hydrogen-bond donors (Lipinski definition) is 0. The highest BCUT2D eigenvalue weighted by atomic mass is 32.1. The molecule has 0 aliphatic heterocycles. The lowest BCUT2D eigenvalue weighted by atomic mass is 9.98. The first kappa shape index (κ1) is 32.4. The van der Waals surface area contributed by atoms with E-state index in [2.05, 4.69) is 185 Å². The lowest BCUT2D eigenvalue weighted by Gasteiger charge is -2.16. The second kappa shape index (κ2) is 12.4. The fourth-order valence-electron chi connectivity index (χ4n) is 9.34. The highest BCUT2D eigenvalue weighted by molar-refractivity contribution is 7.25. The van der Waals surface area contributed by atoms with Crippen LogP contribution in [0.2, 0.25) is 0 Å². The summed E-state index contributed by atoms with van der Waals surface area (Å²) in [4.78, 5) is 17.2. The molecule has 0 aliphatic rings. The van der Waals surface area contributed by atoms with E-state index in [0.717, 1.165) is 77.1 Å². The van der Waals surface area contributed by atoms with Gasteiger partial charge in [-0.05, 0) is 77.5 Å². The van der Waals surface area contributed by atoms with Crippen LogP contribution >= 0.6 is 11.3 Å². The Bertz CT molecular complexity index is 3860. The second-order valence-corrected chi connectivity index (χ2v) is 16.2. The molecule has 0 spiro atoms. The Hall–Kier alpha value is -7.67. The van der Waals surface area contributed by atoms with Gasteiger partial charge in [0.05, 0.1) is 44.7 Å². The molecule has 0 bridgehead atoms. The molecule has 0 amide bonds. The molecule has 0 fully saturated rings. The maximum Gasteiger partial charge on any atom is 0.143 e. The largest absolute Gasteiger partial charge is 0.309 e. The van der Waals surface area contributed by atoms with E-state index in [9.17, 15) is 0 Å². The molecule has 274 valence electrons. The van der Waals surface area contributed by atoms with E-state index in [1.165, 1.54) is 42.5 Å². The first-order valence-corrected chi connectivity index (χ1v) is 20.7. The van der Waals surface area contributed by atoms with Crippen LogP contribution in [0, 0.1) is 0 Å². The van der Waals surface area contributed by atoms with E-state index in [1.807, 2.05) is 12.3 Å². The molecule has 5 nitrogen and oxygen atoms in total. The van der Waals surface area contributed by atoms with Crippen molar-refractivity contribution in [3.8, 4) is 33.9 Å². The molecule has 0 N–H and O–H groups in total. The van der Waals surface area contributed by atoms with Gasteiger partial charge in [-0.15, -0.1) is 11.3 Å². The molecule has 13 rings (SSSR count). The Balaban J connectivity index is 1.10. The molecule has 59 heavy (non-hydrogen) atoms. The minimum absolute atomic E-state index is 0.837. The summed E-state index contributed by atoms with van der Waals surface area (Å²) in [6.45, 7) is 0. The summed E-state index contributed by atoms with van der Waals surface area (Å²) < 4.78 is 5.92. The second-order valence-electron chi connectivity index (χ2n) is 15.2. The molecule has 13 aromatic rings. The monoisotopic (exact) mass is 769 g/mol. The Morgan fingerprint density at radius 2 is 1.07 bits per heavy atom. The van der Waals surface area contributed by atoms with Crippen LogP contribution in [0.3, 0.4) is 0 Å². The zero-order valence-electron chi connectivity index (χ0n) is 31.5. The number of rotatable bonds is 4. The van der Waals surface area contributed by atoms with E-state index < -0.39 is 0 Å². The van der Waals surface area contributed by atoms with E-state index in [4.69, 9.17) is 15.0 Å². The predicted molar refractivity (Wildman–Crippen MR) is 247 cm³/mol. The number of hydrogen-bond acceptors (Lipinski definition) is 4. The van der Waals surface area contributed by atoms with Gasteiger partial charge in [-0.25, -0.2) is 9.97 Å². The van der Waals surface area contributed by atoms with Gasteiger partial charge in [0.1, 0.15) is 10.3 Å².